The second-order valence-corrected chi connectivity index (χ2v) is 13.6. The minimum atomic E-state index is -3.70. The molecule has 10 nitrogen and oxygen atoms in total. The van der Waals surface area contributed by atoms with Crippen molar-refractivity contribution in [3.63, 3.8) is 0 Å². The third kappa shape index (κ3) is 5.85. The Morgan fingerprint density at radius 3 is 2.48 bits per heavy atom. The summed E-state index contributed by atoms with van der Waals surface area (Å²) < 4.78 is 36.1. The van der Waals surface area contributed by atoms with Gasteiger partial charge in [0.1, 0.15) is 11.2 Å². The van der Waals surface area contributed by atoms with Gasteiger partial charge in [-0.15, -0.1) is 0 Å². The Morgan fingerprint density at radius 2 is 1.75 bits per heavy atom. The van der Waals surface area contributed by atoms with Crippen LogP contribution in [0.1, 0.15) is 70.2 Å². The number of nitrogens with zero attached hydrogens (tertiary/aromatic N) is 4. The van der Waals surface area contributed by atoms with Crippen LogP contribution in [0.5, 0.6) is 0 Å². The molecule has 0 saturated carbocycles. The number of hydrogen-bond acceptors (Lipinski definition) is 6. The Morgan fingerprint density at radius 1 is 1.02 bits per heavy atom. The number of amides is 2. The third-order valence-electron chi connectivity index (χ3n) is 7.75. The highest BCUT2D eigenvalue weighted by molar-refractivity contribution is 7.89. The van der Waals surface area contributed by atoms with Crippen molar-refractivity contribution in [2.45, 2.75) is 75.5 Å². The molecule has 2 saturated heterocycles. The van der Waals surface area contributed by atoms with E-state index >= 15 is 0 Å². The molecule has 1 atom stereocenters. The van der Waals surface area contributed by atoms with Gasteiger partial charge in [-0.25, -0.2) is 18.2 Å². The second kappa shape index (κ2) is 10.9. The van der Waals surface area contributed by atoms with E-state index in [4.69, 9.17) is 4.74 Å². The molecule has 1 N–H and O–H groups in total. The van der Waals surface area contributed by atoms with Crippen LogP contribution in [0, 0.1) is 0 Å². The maximum Gasteiger partial charge on any atom is 0.410 e. The quantitative estimate of drug-likeness (QED) is 0.486. The minimum Gasteiger partial charge on any atom is -0.444 e. The largest absolute Gasteiger partial charge is 0.444 e. The summed E-state index contributed by atoms with van der Waals surface area (Å²) in [6, 6.07) is 10.1. The van der Waals surface area contributed by atoms with Gasteiger partial charge in [-0.2, -0.15) is 4.31 Å². The number of sulfonamides is 1. The first kappa shape index (κ1) is 28.1. The second-order valence-electron chi connectivity index (χ2n) is 11.7. The van der Waals surface area contributed by atoms with Gasteiger partial charge in [-0.05, 0) is 82.7 Å². The number of imidazole rings is 1. The van der Waals surface area contributed by atoms with Gasteiger partial charge in [0.25, 0.3) is 5.91 Å². The molecule has 2 aromatic heterocycles. The molecule has 0 aliphatic carbocycles. The van der Waals surface area contributed by atoms with Gasteiger partial charge in [0.15, 0.2) is 0 Å². The first-order valence-corrected chi connectivity index (χ1v) is 15.2. The molecule has 1 unspecified atom stereocenters. The normalized spacial score (nSPS) is 20.5. The molecule has 40 heavy (non-hydrogen) atoms. The number of pyridine rings is 1. The van der Waals surface area contributed by atoms with Crippen molar-refractivity contribution in [2.24, 2.45) is 0 Å². The number of carbonyl (C=O) groups is 2. The number of rotatable bonds is 5. The lowest BCUT2D eigenvalue weighted by atomic mass is 9.88. The molecular weight excluding hydrogens is 530 g/mol. The van der Waals surface area contributed by atoms with E-state index in [1.165, 1.54) is 4.31 Å². The average molecular weight is 570 g/mol. The SMILES string of the molecule is CC(C)(C)OC(=O)N1CCCC12CCCN(S(=O)(=O)c1ccc(CNC(=O)c3ccc4nccn4c3)cc1)CC2.[HH]. The number of hydrogen-bond donors (Lipinski definition) is 1. The summed E-state index contributed by atoms with van der Waals surface area (Å²) in [5, 5.41) is 2.88. The molecule has 0 radical (unpaired) electrons. The molecule has 2 aliphatic rings. The van der Waals surface area contributed by atoms with Crippen LogP contribution in [0.3, 0.4) is 0 Å². The van der Waals surface area contributed by atoms with Gasteiger partial charge in [-0.1, -0.05) is 12.1 Å². The standard InChI is InChI=1S/C29H37N5O5S.H2/c1-28(2,3)39-27(36)34-17-5-13-29(34)12-4-16-33(18-14-29)40(37,38)24-9-6-22(7-10-24)20-31-26(35)23-8-11-25-30-15-19-32(25)21-23;/h6-11,15,19,21H,4-5,12-14,16-18,20H2,1-3H3,(H,31,35);1H. The topological polar surface area (TPSA) is 113 Å². The lowest BCUT2D eigenvalue weighted by molar-refractivity contribution is 0.00531. The van der Waals surface area contributed by atoms with Crippen LogP contribution >= 0.6 is 0 Å². The molecule has 0 bridgehead atoms. The summed E-state index contributed by atoms with van der Waals surface area (Å²) in [4.78, 5) is 31.8. The number of benzene rings is 1. The van der Waals surface area contributed by atoms with Crippen molar-refractivity contribution < 1.29 is 24.2 Å². The Kier molecular flexibility index (Phi) is 7.62. The van der Waals surface area contributed by atoms with E-state index in [0.717, 1.165) is 30.5 Å². The molecule has 1 spiro atoms. The zero-order valence-corrected chi connectivity index (χ0v) is 24.1. The van der Waals surface area contributed by atoms with Crippen LogP contribution in [-0.4, -0.2) is 69.8 Å². The van der Waals surface area contributed by atoms with Crippen molar-refractivity contribution in [2.75, 3.05) is 19.6 Å². The number of nitrogens with one attached hydrogen (secondary N) is 1. The van der Waals surface area contributed by atoms with E-state index in [1.807, 2.05) is 25.7 Å². The fraction of sp³-hybridized carbons (Fsp3) is 0.483. The van der Waals surface area contributed by atoms with E-state index in [1.54, 1.807) is 59.4 Å². The highest BCUT2D eigenvalue weighted by Gasteiger charge is 2.46. The van der Waals surface area contributed by atoms with Crippen LogP contribution in [0.25, 0.3) is 5.65 Å². The third-order valence-corrected chi connectivity index (χ3v) is 9.66. The molecule has 2 amide bonds. The highest BCUT2D eigenvalue weighted by Crippen LogP contribution is 2.40. The van der Waals surface area contributed by atoms with Crippen LogP contribution in [0.2, 0.25) is 0 Å². The highest BCUT2D eigenvalue weighted by atomic mass is 32.2. The fourth-order valence-electron chi connectivity index (χ4n) is 5.72. The van der Waals surface area contributed by atoms with E-state index in [0.29, 0.717) is 38.0 Å². The Hall–Kier alpha value is -3.44. The van der Waals surface area contributed by atoms with Gasteiger partial charge < -0.3 is 19.4 Å². The molecule has 11 heteroatoms. The van der Waals surface area contributed by atoms with Crippen LogP contribution in [0.15, 0.2) is 59.9 Å². The summed E-state index contributed by atoms with van der Waals surface area (Å²) >= 11 is 0. The summed E-state index contributed by atoms with van der Waals surface area (Å²) in [5.41, 5.74) is 1.12. The van der Waals surface area contributed by atoms with Crippen molar-refractivity contribution in [1.82, 2.24) is 23.9 Å². The van der Waals surface area contributed by atoms with Crippen molar-refractivity contribution in [3.05, 3.63) is 66.1 Å². The maximum absolute atomic E-state index is 13.5. The van der Waals surface area contributed by atoms with Crippen molar-refractivity contribution >= 4 is 27.7 Å². The molecule has 5 rings (SSSR count). The van der Waals surface area contributed by atoms with Crippen molar-refractivity contribution in [1.29, 1.82) is 0 Å². The number of ether oxygens (including phenoxy) is 1. The number of carbonyl (C=O) groups excluding carboxylic acids is 2. The van der Waals surface area contributed by atoms with Gasteiger partial charge >= 0.3 is 6.09 Å². The zero-order valence-electron chi connectivity index (χ0n) is 23.3. The number of fused-ring (bicyclic) bond motifs is 1. The first-order chi connectivity index (χ1) is 19.0. The van der Waals surface area contributed by atoms with Gasteiger partial charge in [0.2, 0.25) is 10.0 Å². The summed E-state index contributed by atoms with van der Waals surface area (Å²) in [6.07, 6.45) is 8.62. The van der Waals surface area contributed by atoms with Crippen LogP contribution < -0.4 is 5.32 Å². The average Bonchev–Trinajstić information content (AvgIpc) is 3.49. The summed E-state index contributed by atoms with van der Waals surface area (Å²) in [6.45, 7) is 7.24. The van der Waals surface area contributed by atoms with Crippen molar-refractivity contribution in [3.8, 4) is 0 Å². The lowest BCUT2D eigenvalue weighted by Crippen LogP contribution is -2.49. The molecule has 2 aliphatic heterocycles. The molecule has 2 fully saturated rings. The van der Waals surface area contributed by atoms with Crippen LogP contribution in [-0.2, 0) is 21.3 Å². The van der Waals surface area contributed by atoms with Gasteiger partial charge in [-0.3, -0.25) is 4.79 Å². The van der Waals surface area contributed by atoms with E-state index in [9.17, 15) is 18.0 Å². The van der Waals surface area contributed by atoms with E-state index in [2.05, 4.69) is 10.3 Å². The molecule has 3 aromatic rings. The predicted octanol–water partition coefficient (Wildman–Crippen LogP) is 4.45. The van der Waals surface area contributed by atoms with E-state index < -0.39 is 15.6 Å². The minimum absolute atomic E-state index is 0. The molecule has 4 heterocycles. The lowest BCUT2D eigenvalue weighted by Gasteiger charge is -2.38. The summed E-state index contributed by atoms with van der Waals surface area (Å²) in [7, 11) is -3.70. The fourth-order valence-corrected chi connectivity index (χ4v) is 7.20. The smallest absolute Gasteiger partial charge is 0.410 e. The van der Waals surface area contributed by atoms with Gasteiger partial charge in [0, 0.05) is 51.7 Å². The Balaban J connectivity index is 0.00000387. The summed E-state index contributed by atoms with van der Waals surface area (Å²) in [5.74, 6) is -0.224. The number of aromatic nitrogens is 2. The monoisotopic (exact) mass is 569 g/mol. The Labute approximate surface area is 236 Å². The number of likely N-dealkylation sites (tertiary alicyclic amines) is 1. The first-order valence-electron chi connectivity index (χ1n) is 13.8. The van der Waals surface area contributed by atoms with Gasteiger partial charge in [0.05, 0.1) is 10.5 Å². The van der Waals surface area contributed by atoms with E-state index in [-0.39, 0.29) is 30.4 Å². The molecule has 1 aromatic carbocycles. The molecular formula is C29H39N5O5S. The van der Waals surface area contributed by atoms with Crippen LogP contribution in [0.4, 0.5) is 4.79 Å². The Bertz CT molecular complexity index is 1500. The molecule has 216 valence electrons. The zero-order chi connectivity index (χ0) is 28.5. The maximum atomic E-state index is 13.5. The predicted molar refractivity (Wildman–Crippen MR) is 152 cm³/mol.